The molecule has 1 fully saturated rings. The van der Waals surface area contributed by atoms with Crippen molar-refractivity contribution in [2.75, 3.05) is 33.4 Å². The summed E-state index contributed by atoms with van der Waals surface area (Å²) in [6.07, 6.45) is 5.69. The number of aromatic nitrogens is 3. The van der Waals surface area contributed by atoms with Gasteiger partial charge in [-0.25, -0.2) is 4.98 Å². The largest absolute Gasteiger partial charge is 0.500 e. The molecule has 0 bridgehead atoms. The molecular formula is C28H35ClN4O3. The topological polar surface area (TPSA) is 65.6 Å². The molecule has 0 spiro atoms. The number of aryl methyl sites for hydroxylation is 3. The second-order valence-corrected chi connectivity index (χ2v) is 10.2. The van der Waals surface area contributed by atoms with E-state index in [0.29, 0.717) is 6.04 Å². The van der Waals surface area contributed by atoms with E-state index in [1.807, 2.05) is 13.8 Å². The molecule has 0 saturated carbocycles. The Kier molecular flexibility index (Phi) is 7.51. The Morgan fingerprint density at radius 3 is 2.64 bits per heavy atom. The molecule has 0 radical (unpaired) electrons. The number of allylic oxidation sites excluding steroid dienone is 4. The second kappa shape index (κ2) is 10.8. The van der Waals surface area contributed by atoms with Gasteiger partial charge in [0.05, 0.1) is 42.1 Å². The summed E-state index contributed by atoms with van der Waals surface area (Å²) >= 11 is 6.43. The molecule has 3 heterocycles. The minimum Gasteiger partial charge on any atom is -0.500 e. The van der Waals surface area contributed by atoms with E-state index in [0.717, 1.165) is 109 Å². The molecule has 2 aromatic heterocycles. The molecule has 8 heteroatoms. The molecule has 5 rings (SSSR count). The summed E-state index contributed by atoms with van der Waals surface area (Å²) in [5, 5.41) is 4.86. The molecule has 1 aliphatic carbocycles. The minimum absolute atomic E-state index is 0.392. The maximum absolute atomic E-state index is 6.43. The third kappa shape index (κ3) is 5.10. The van der Waals surface area contributed by atoms with Gasteiger partial charge in [0.1, 0.15) is 17.3 Å². The average Bonchev–Trinajstić information content (AvgIpc) is 3.41. The monoisotopic (exact) mass is 510 g/mol. The molecule has 7 nitrogen and oxygen atoms in total. The highest BCUT2D eigenvalue weighted by molar-refractivity contribution is 6.31. The first-order chi connectivity index (χ1) is 17.4. The van der Waals surface area contributed by atoms with Crippen LogP contribution in [-0.2, 0) is 22.4 Å². The summed E-state index contributed by atoms with van der Waals surface area (Å²) in [6, 6.07) is 6.93. The van der Waals surface area contributed by atoms with Gasteiger partial charge < -0.3 is 18.6 Å². The van der Waals surface area contributed by atoms with Gasteiger partial charge in [0.15, 0.2) is 0 Å². The van der Waals surface area contributed by atoms with Crippen molar-refractivity contribution >= 4 is 22.6 Å². The van der Waals surface area contributed by atoms with Crippen LogP contribution in [0, 0.1) is 13.8 Å². The van der Waals surface area contributed by atoms with Gasteiger partial charge in [-0.2, -0.15) is 0 Å². The number of rotatable bonds is 8. The Morgan fingerprint density at radius 1 is 1.14 bits per heavy atom. The van der Waals surface area contributed by atoms with Crippen molar-refractivity contribution in [1.82, 2.24) is 19.6 Å². The molecule has 0 N–H and O–H groups in total. The third-order valence-corrected chi connectivity index (χ3v) is 7.77. The van der Waals surface area contributed by atoms with E-state index in [1.54, 1.807) is 7.11 Å². The number of fused-ring (bicyclic) bond motifs is 1. The lowest BCUT2D eigenvalue weighted by atomic mass is 9.99. The van der Waals surface area contributed by atoms with Gasteiger partial charge in [-0.1, -0.05) is 28.4 Å². The third-order valence-electron chi connectivity index (χ3n) is 7.45. The lowest BCUT2D eigenvalue weighted by Crippen LogP contribution is -2.44. The van der Waals surface area contributed by atoms with Crippen LogP contribution in [-0.4, -0.2) is 59.1 Å². The van der Waals surface area contributed by atoms with Gasteiger partial charge in [0.25, 0.3) is 0 Å². The van der Waals surface area contributed by atoms with Crippen molar-refractivity contribution < 1.29 is 14.0 Å². The van der Waals surface area contributed by atoms with Crippen LogP contribution in [0.25, 0.3) is 22.2 Å². The van der Waals surface area contributed by atoms with E-state index in [-0.39, 0.29) is 0 Å². The van der Waals surface area contributed by atoms with Crippen molar-refractivity contribution in [1.29, 1.82) is 0 Å². The highest BCUT2D eigenvalue weighted by Gasteiger charge is 2.22. The van der Waals surface area contributed by atoms with Crippen molar-refractivity contribution in [3.63, 3.8) is 0 Å². The van der Waals surface area contributed by atoms with Gasteiger partial charge in [-0.05, 0) is 57.4 Å². The highest BCUT2D eigenvalue weighted by atomic mass is 35.5. The van der Waals surface area contributed by atoms with Crippen LogP contribution in [0.3, 0.4) is 0 Å². The second-order valence-electron chi connectivity index (χ2n) is 9.82. The zero-order valence-electron chi connectivity index (χ0n) is 21.6. The van der Waals surface area contributed by atoms with Gasteiger partial charge in [-0.15, -0.1) is 0 Å². The van der Waals surface area contributed by atoms with Crippen LogP contribution in [0.1, 0.15) is 43.5 Å². The Bertz CT molecular complexity index is 1280. The maximum Gasteiger partial charge on any atom is 0.141 e. The van der Waals surface area contributed by atoms with Crippen LogP contribution in [0.5, 0.6) is 0 Å². The smallest absolute Gasteiger partial charge is 0.141 e. The summed E-state index contributed by atoms with van der Waals surface area (Å²) in [6.45, 7) is 10.7. The first-order valence-electron chi connectivity index (χ1n) is 12.8. The normalized spacial score (nSPS) is 18.1. The van der Waals surface area contributed by atoms with E-state index in [9.17, 15) is 0 Å². The number of halogens is 1. The van der Waals surface area contributed by atoms with Crippen molar-refractivity contribution in [2.24, 2.45) is 0 Å². The molecular weight excluding hydrogens is 476 g/mol. The molecule has 0 amide bonds. The molecule has 1 atom stereocenters. The number of nitrogens with zero attached hydrogens (tertiary/aromatic N) is 4. The summed E-state index contributed by atoms with van der Waals surface area (Å²) in [4.78, 5) is 7.66. The fraction of sp³-hybridized carbons (Fsp3) is 0.500. The molecule has 2 aliphatic rings. The highest BCUT2D eigenvalue weighted by Crippen LogP contribution is 2.32. The lowest BCUT2D eigenvalue weighted by molar-refractivity contribution is 0.0170. The number of ether oxygens (including phenoxy) is 2. The number of hydrogen-bond donors (Lipinski definition) is 0. The van der Waals surface area contributed by atoms with Crippen LogP contribution in [0.4, 0.5) is 0 Å². The molecule has 1 aliphatic heterocycles. The van der Waals surface area contributed by atoms with Crippen LogP contribution in [0.15, 0.2) is 45.2 Å². The molecule has 36 heavy (non-hydrogen) atoms. The quantitative estimate of drug-likeness (QED) is 0.383. The van der Waals surface area contributed by atoms with Crippen molar-refractivity contribution in [2.45, 2.75) is 59.0 Å². The summed E-state index contributed by atoms with van der Waals surface area (Å²) < 4.78 is 18.8. The fourth-order valence-corrected chi connectivity index (χ4v) is 5.74. The number of morpholine rings is 1. The molecule has 1 aromatic carbocycles. The average molecular weight is 511 g/mol. The SMILES string of the molecule is COC1=C(Cl)C=C(CCc2nc3cc(-c4c(C)noc4C)ccc3n2C[C@H](C)N2CCOCC2)CC1. The molecule has 0 unspecified atom stereocenters. The Labute approximate surface area is 217 Å². The Balaban J connectivity index is 1.46. The van der Waals surface area contributed by atoms with Gasteiger partial charge in [-0.3, -0.25) is 4.90 Å². The van der Waals surface area contributed by atoms with E-state index >= 15 is 0 Å². The number of hydrogen-bond acceptors (Lipinski definition) is 6. The van der Waals surface area contributed by atoms with Crippen molar-refractivity contribution in [3.8, 4) is 11.1 Å². The fourth-order valence-electron chi connectivity index (χ4n) is 5.42. The van der Waals surface area contributed by atoms with E-state index < -0.39 is 0 Å². The van der Waals surface area contributed by atoms with Crippen LogP contribution < -0.4 is 0 Å². The number of imidazole rings is 1. The first-order valence-corrected chi connectivity index (χ1v) is 13.2. The predicted molar refractivity (Wildman–Crippen MR) is 142 cm³/mol. The predicted octanol–water partition coefficient (Wildman–Crippen LogP) is 5.78. The zero-order valence-corrected chi connectivity index (χ0v) is 22.4. The maximum atomic E-state index is 6.43. The molecule has 192 valence electrons. The standard InChI is InChI=1S/C28H35ClN4O3/c1-18(32-11-13-35-14-12-32)17-33-25-8-7-22(28-19(2)31-36-20(28)3)16-24(25)30-27(33)10-6-21-5-9-26(34-4)23(29)15-21/h7-8,15-16,18H,5-6,9-14,17H2,1-4H3/t18-/m0/s1. The summed E-state index contributed by atoms with van der Waals surface area (Å²) in [5.74, 6) is 2.82. The van der Waals surface area contributed by atoms with Gasteiger partial charge >= 0.3 is 0 Å². The minimum atomic E-state index is 0.392. The summed E-state index contributed by atoms with van der Waals surface area (Å²) in [5.41, 5.74) is 6.56. The van der Waals surface area contributed by atoms with E-state index in [2.05, 4.69) is 45.8 Å². The summed E-state index contributed by atoms with van der Waals surface area (Å²) in [7, 11) is 1.69. The van der Waals surface area contributed by atoms with Gasteiger partial charge in [0.2, 0.25) is 0 Å². The Hall–Kier alpha value is -2.61. The van der Waals surface area contributed by atoms with Gasteiger partial charge in [0, 0.05) is 44.1 Å². The van der Waals surface area contributed by atoms with Crippen LogP contribution in [0.2, 0.25) is 0 Å². The number of benzene rings is 1. The lowest BCUT2D eigenvalue weighted by Gasteiger charge is -2.32. The Morgan fingerprint density at radius 2 is 1.94 bits per heavy atom. The van der Waals surface area contributed by atoms with Crippen LogP contribution >= 0.6 is 11.6 Å². The first kappa shape index (κ1) is 25.1. The van der Waals surface area contributed by atoms with E-state index in [4.69, 9.17) is 30.6 Å². The molecule has 1 saturated heterocycles. The molecule has 3 aromatic rings. The number of methoxy groups -OCH3 is 1. The zero-order chi connectivity index (χ0) is 25.2. The van der Waals surface area contributed by atoms with Crippen molar-refractivity contribution in [3.05, 3.63) is 57.9 Å². The van der Waals surface area contributed by atoms with E-state index in [1.165, 1.54) is 5.57 Å².